The summed E-state index contributed by atoms with van der Waals surface area (Å²) < 4.78 is 0. The van der Waals surface area contributed by atoms with Crippen molar-refractivity contribution >= 4 is 24.2 Å². The number of piperidine rings is 1. The van der Waals surface area contributed by atoms with Crippen molar-refractivity contribution in [3.05, 3.63) is 52.8 Å². The van der Waals surface area contributed by atoms with E-state index in [-0.39, 0.29) is 30.3 Å². The van der Waals surface area contributed by atoms with Crippen LogP contribution in [0.5, 0.6) is 0 Å². The minimum Gasteiger partial charge on any atom is -0.338 e. The van der Waals surface area contributed by atoms with Crippen LogP contribution in [0.15, 0.2) is 30.3 Å². The molecule has 162 valence electrons. The van der Waals surface area contributed by atoms with Gasteiger partial charge in [0.25, 0.3) is 11.8 Å². The number of carbonyl (C=O) groups is 2. The van der Waals surface area contributed by atoms with Gasteiger partial charge in [-0.25, -0.2) is 0 Å². The maximum atomic E-state index is 13.3. The first-order valence-electron chi connectivity index (χ1n) is 10.6. The van der Waals surface area contributed by atoms with Crippen LogP contribution in [0, 0.1) is 0 Å². The quantitative estimate of drug-likeness (QED) is 0.762. The number of fused-ring (bicyclic) bond motifs is 1. The molecule has 3 heterocycles. The van der Waals surface area contributed by atoms with Gasteiger partial charge >= 0.3 is 0 Å². The Kier molecular flexibility index (Phi) is 7.50. The Hall–Kier alpha value is -2.38. The first-order valence-corrected chi connectivity index (χ1v) is 10.6. The van der Waals surface area contributed by atoms with Gasteiger partial charge in [0, 0.05) is 62.0 Å². The molecule has 2 amide bonds. The molecule has 0 atom stereocenters. The number of hydrogen-bond acceptors (Lipinski definition) is 4. The number of carbonyl (C=O) groups excluding carboxylic acids is 2. The van der Waals surface area contributed by atoms with Gasteiger partial charge in [-0.2, -0.15) is 5.10 Å². The van der Waals surface area contributed by atoms with Crippen LogP contribution < -0.4 is 5.32 Å². The lowest BCUT2D eigenvalue weighted by Crippen LogP contribution is -2.49. The summed E-state index contributed by atoms with van der Waals surface area (Å²) in [5, 5.41) is 10.7. The average molecular weight is 432 g/mol. The highest BCUT2D eigenvalue weighted by Crippen LogP contribution is 2.23. The van der Waals surface area contributed by atoms with Crippen molar-refractivity contribution in [1.29, 1.82) is 0 Å². The van der Waals surface area contributed by atoms with E-state index in [1.54, 1.807) is 0 Å². The molecule has 2 N–H and O–H groups in total. The number of benzene rings is 1. The van der Waals surface area contributed by atoms with Gasteiger partial charge in [0.2, 0.25) is 0 Å². The number of nitrogens with zero attached hydrogens (tertiary/aromatic N) is 3. The smallest absolute Gasteiger partial charge is 0.274 e. The average Bonchev–Trinajstić information content (AvgIpc) is 3.21. The lowest BCUT2D eigenvalue weighted by atomic mass is 10.00. The predicted octanol–water partition coefficient (Wildman–Crippen LogP) is 2.63. The van der Waals surface area contributed by atoms with Crippen molar-refractivity contribution in [3.8, 4) is 0 Å². The fraction of sp³-hybridized carbons (Fsp3) is 0.500. The molecule has 1 fully saturated rings. The highest BCUT2D eigenvalue weighted by Gasteiger charge is 2.32. The monoisotopic (exact) mass is 431 g/mol. The lowest BCUT2D eigenvalue weighted by molar-refractivity contribution is 0.0514. The number of rotatable bonds is 5. The van der Waals surface area contributed by atoms with Gasteiger partial charge in [0.1, 0.15) is 0 Å². The molecule has 1 saturated heterocycles. The van der Waals surface area contributed by atoms with Crippen LogP contribution >= 0.6 is 12.4 Å². The van der Waals surface area contributed by atoms with E-state index in [2.05, 4.69) is 22.4 Å². The number of nitrogens with one attached hydrogen (secondary N) is 2. The van der Waals surface area contributed by atoms with Crippen molar-refractivity contribution < 1.29 is 9.59 Å². The molecule has 8 heteroatoms. The third-order valence-electron chi connectivity index (χ3n) is 5.95. The Bertz CT molecular complexity index is 862. The first kappa shape index (κ1) is 22.3. The Morgan fingerprint density at radius 2 is 1.93 bits per heavy atom. The molecule has 2 aromatic rings. The lowest BCUT2D eigenvalue weighted by Gasteiger charge is -2.38. The van der Waals surface area contributed by atoms with Crippen LogP contribution in [0.3, 0.4) is 0 Å². The number of hydrogen-bond donors (Lipinski definition) is 2. The van der Waals surface area contributed by atoms with Crippen molar-refractivity contribution in [2.75, 3.05) is 26.2 Å². The predicted molar refractivity (Wildman–Crippen MR) is 118 cm³/mol. The van der Waals surface area contributed by atoms with Crippen LogP contribution in [0.1, 0.15) is 58.3 Å². The number of likely N-dealkylation sites (tertiary alicyclic amines) is 1. The van der Waals surface area contributed by atoms with Gasteiger partial charge in [-0.15, -0.1) is 12.4 Å². The standard InChI is InChI=1S/C22H29N5O2.ClH/c1-2-12-27(22(29)20-18-15-23-11-8-19(18)24-25-20)17-9-13-26(14-10-17)21(28)16-6-4-3-5-7-16;/h3-7,17,23H,2,8-15H2,1H3,(H,24,25);1H. The summed E-state index contributed by atoms with van der Waals surface area (Å²) in [7, 11) is 0. The van der Waals surface area contributed by atoms with Crippen LogP contribution in [-0.2, 0) is 13.0 Å². The van der Waals surface area contributed by atoms with Gasteiger partial charge < -0.3 is 15.1 Å². The Morgan fingerprint density at radius 1 is 1.20 bits per heavy atom. The Morgan fingerprint density at radius 3 is 2.63 bits per heavy atom. The van der Waals surface area contributed by atoms with E-state index >= 15 is 0 Å². The fourth-order valence-electron chi connectivity index (χ4n) is 4.37. The van der Waals surface area contributed by atoms with E-state index in [1.165, 1.54) is 0 Å². The Balaban J connectivity index is 0.00000256. The molecule has 0 radical (unpaired) electrons. The zero-order chi connectivity index (χ0) is 20.2. The van der Waals surface area contributed by atoms with Crippen molar-refractivity contribution in [2.24, 2.45) is 0 Å². The van der Waals surface area contributed by atoms with Crippen LogP contribution in [0.25, 0.3) is 0 Å². The normalized spacial score (nSPS) is 16.5. The van der Waals surface area contributed by atoms with Gasteiger partial charge in [-0.3, -0.25) is 14.7 Å². The number of aromatic nitrogens is 2. The third kappa shape index (κ3) is 4.52. The van der Waals surface area contributed by atoms with Gasteiger partial charge in [0.15, 0.2) is 5.69 Å². The zero-order valence-corrected chi connectivity index (χ0v) is 18.2. The van der Waals surface area contributed by atoms with Gasteiger partial charge in [-0.1, -0.05) is 25.1 Å². The Labute approximate surface area is 183 Å². The molecular weight excluding hydrogens is 402 g/mol. The van der Waals surface area contributed by atoms with E-state index in [9.17, 15) is 9.59 Å². The molecule has 1 aromatic carbocycles. The molecule has 1 aromatic heterocycles. The summed E-state index contributed by atoms with van der Waals surface area (Å²) in [6.45, 7) is 5.76. The van der Waals surface area contributed by atoms with E-state index in [4.69, 9.17) is 0 Å². The fourth-order valence-corrected chi connectivity index (χ4v) is 4.37. The molecule has 0 saturated carbocycles. The summed E-state index contributed by atoms with van der Waals surface area (Å²) in [6.07, 6.45) is 3.38. The summed E-state index contributed by atoms with van der Waals surface area (Å²) in [6, 6.07) is 9.56. The van der Waals surface area contributed by atoms with Crippen molar-refractivity contribution in [2.45, 2.75) is 45.2 Å². The second kappa shape index (κ2) is 10.1. The second-order valence-electron chi connectivity index (χ2n) is 7.84. The van der Waals surface area contributed by atoms with Crippen LogP contribution in [-0.4, -0.2) is 64.0 Å². The van der Waals surface area contributed by atoms with Crippen LogP contribution in [0.4, 0.5) is 0 Å². The molecular formula is C22H30ClN5O2. The third-order valence-corrected chi connectivity index (χ3v) is 5.95. The minimum atomic E-state index is 0. The summed E-state index contributed by atoms with van der Waals surface area (Å²) in [5.41, 5.74) is 3.37. The number of H-pyrrole nitrogens is 1. The highest BCUT2D eigenvalue weighted by molar-refractivity contribution is 5.95. The highest BCUT2D eigenvalue weighted by atomic mass is 35.5. The van der Waals surface area contributed by atoms with Crippen LogP contribution in [0.2, 0.25) is 0 Å². The maximum absolute atomic E-state index is 13.3. The molecule has 7 nitrogen and oxygen atoms in total. The molecule has 0 aliphatic carbocycles. The molecule has 2 aliphatic rings. The maximum Gasteiger partial charge on any atom is 0.274 e. The van der Waals surface area contributed by atoms with E-state index in [1.807, 2.05) is 40.1 Å². The van der Waals surface area contributed by atoms with Crippen molar-refractivity contribution in [1.82, 2.24) is 25.3 Å². The number of amides is 2. The topological polar surface area (TPSA) is 81.3 Å². The first-order chi connectivity index (χ1) is 14.2. The van der Waals surface area contributed by atoms with Gasteiger partial charge in [-0.05, 0) is 31.4 Å². The van der Waals surface area contributed by atoms with Gasteiger partial charge in [0.05, 0.1) is 0 Å². The van der Waals surface area contributed by atoms with E-state index in [0.29, 0.717) is 31.9 Å². The largest absolute Gasteiger partial charge is 0.338 e. The van der Waals surface area contributed by atoms with E-state index in [0.717, 1.165) is 49.0 Å². The molecule has 0 bridgehead atoms. The zero-order valence-electron chi connectivity index (χ0n) is 17.4. The minimum absolute atomic E-state index is 0. The molecule has 2 aliphatic heterocycles. The number of halogens is 1. The van der Waals surface area contributed by atoms with Crippen molar-refractivity contribution in [3.63, 3.8) is 0 Å². The second-order valence-corrected chi connectivity index (χ2v) is 7.84. The summed E-state index contributed by atoms with van der Waals surface area (Å²) in [5.74, 6) is 0.0887. The molecule has 4 rings (SSSR count). The molecule has 30 heavy (non-hydrogen) atoms. The summed E-state index contributed by atoms with van der Waals surface area (Å²) >= 11 is 0. The number of aromatic amines is 1. The molecule has 0 spiro atoms. The molecule has 0 unspecified atom stereocenters. The SMILES string of the molecule is CCCN(C(=O)c1n[nH]c2c1CNCC2)C1CCN(C(=O)c2ccccc2)CC1.Cl. The van der Waals surface area contributed by atoms with E-state index < -0.39 is 0 Å². The summed E-state index contributed by atoms with van der Waals surface area (Å²) in [4.78, 5) is 29.9.